The van der Waals surface area contributed by atoms with E-state index in [1.54, 1.807) is 29.8 Å². The van der Waals surface area contributed by atoms with Gasteiger partial charge in [-0.1, -0.05) is 19.9 Å². The second-order valence-electron chi connectivity index (χ2n) is 11.7. The van der Waals surface area contributed by atoms with Crippen LogP contribution in [0.4, 0.5) is 9.80 Å². The lowest BCUT2D eigenvalue weighted by atomic mass is 9.93. The molecular formula is C35H49N5O4S2. The Kier molecular flexibility index (Phi) is 14.1. The third kappa shape index (κ3) is 9.34. The maximum absolute atomic E-state index is 13.0. The molecule has 1 aliphatic heterocycles. The van der Waals surface area contributed by atoms with Crippen LogP contribution in [-0.4, -0.2) is 72.7 Å². The third-order valence-electron chi connectivity index (χ3n) is 7.18. The molecule has 250 valence electrons. The van der Waals surface area contributed by atoms with Crippen LogP contribution in [0.25, 0.3) is 31.9 Å². The van der Waals surface area contributed by atoms with Crippen molar-refractivity contribution in [2.75, 3.05) is 39.2 Å². The van der Waals surface area contributed by atoms with Gasteiger partial charge in [0.05, 0.1) is 27.9 Å². The lowest BCUT2D eigenvalue weighted by Gasteiger charge is -2.39. The van der Waals surface area contributed by atoms with E-state index in [0.29, 0.717) is 13.0 Å². The molecule has 1 amide bonds. The van der Waals surface area contributed by atoms with Crippen LogP contribution in [0.2, 0.25) is 0 Å². The zero-order valence-electron chi connectivity index (χ0n) is 28.6. The molecule has 0 spiro atoms. The standard InChI is InChI=1S/C27H30N4O2S2.C6H13NO2.C2H6/c1-15-13-19-22(24(28-6)35-23(19)16(2)31(15)26(32)33-27(3,4)5)25-30-20-14-18(7-8-21(20)34-25)17-9-11-29-12-10-17;1-9-6-4-7-3-2-5-8;1-2/h7-12,14-16,28H,13H2,1-6H3;5,7H,2-4,6H2,1H3;1-2H3. The topological polar surface area (TPSA) is 106 Å². The summed E-state index contributed by atoms with van der Waals surface area (Å²) in [6.07, 6.45) is 5.62. The van der Waals surface area contributed by atoms with Gasteiger partial charge in [0.1, 0.15) is 16.9 Å². The van der Waals surface area contributed by atoms with Crippen molar-refractivity contribution in [1.29, 1.82) is 0 Å². The number of aldehydes is 1. The van der Waals surface area contributed by atoms with Gasteiger partial charge in [-0.15, -0.1) is 22.7 Å². The first-order chi connectivity index (χ1) is 22.1. The molecule has 1 aliphatic rings. The average Bonchev–Trinajstić information content (AvgIpc) is 3.62. The highest BCUT2D eigenvalue weighted by atomic mass is 32.1. The summed E-state index contributed by atoms with van der Waals surface area (Å²) in [6.45, 7) is 16.2. The lowest BCUT2D eigenvalue weighted by Crippen LogP contribution is -2.46. The number of aromatic nitrogens is 2. The zero-order valence-corrected chi connectivity index (χ0v) is 30.2. The van der Waals surface area contributed by atoms with Gasteiger partial charge in [-0.3, -0.25) is 9.88 Å². The number of anilines is 1. The van der Waals surface area contributed by atoms with Crippen molar-refractivity contribution >= 4 is 50.3 Å². The summed E-state index contributed by atoms with van der Waals surface area (Å²) in [5.41, 5.74) is 5.19. The predicted octanol–water partition coefficient (Wildman–Crippen LogP) is 8.21. The largest absolute Gasteiger partial charge is 0.444 e. The van der Waals surface area contributed by atoms with E-state index in [4.69, 9.17) is 14.5 Å². The van der Waals surface area contributed by atoms with Gasteiger partial charge < -0.3 is 24.9 Å². The molecule has 2 unspecified atom stereocenters. The minimum Gasteiger partial charge on any atom is -0.444 e. The van der Waals surface area contributed by atoms with Crippen molar-refractivity contribution in [2.45, 2.75) is 79.0 Å². The van der Waals surface area contributed by atoms with E-state index >= 15 is 0 Å². The van der Waals surface area contributed by atoms with E-state index in [1.807, 2.05) is 71.1 Å². The molecule has 3 aromatic heterocycles. The molecule has 2 atom stereocenters. The van der Waals surface area contributed by atoms with Crippen LogP contribution >= 0.6 is 22.7 Å². The first-order valence-electron chi connectivity index (χ1n) is 15.9. The average molecular weight is 668 g/mol. The van der Waals surface area contributed by atoms with Gasteiger partial charge >= 0.3 is 6.09 Å². The van der Waals surface area contributed by atoms with Crippen LogP contribution in [0, 0.1) is 0 Å². The summed E-state index contributed by atoms with van der Waals surface area (Å²) >= 11 is 3.43. The maximum Gasteiger partial charge on any atom is 0.411 e. The Balaban J connectivity index is 0.000000454. The van der Waals surface area contributed by atoms with Gasteiger partial charge in [0.25, 0.3) is 0 Å². The second kappa shape index (κ2) is 17.5. The number of rotatable bonds is 9. The van der Waals surface area contributed by atoms with E-state index in [2.05, 4.69) is 47.7 Å². The van der Waals surface area contributed by atoms with Gasteiger partial charge in [0.2, 0.25) is 0 Å². The number of nitrogens with one attached hydrogen (secondary N) is 2. The highest BCUT2D eigenvalue weighted by molar-refractivity contribution is 7.22. The molecule has 0 aliphatic carbocycles. The lowest BCUT2D eigenvalue weighted by molar-refractivity contribution is -0.107. The SMILES string of the molecule is CC.CNc1sc2c(c1-c1nc3cc(-c4ccncc4)ccc3s1)CC(C)N(C(=O)OC(C)(C)C)C2C.COCCNCCC=O. The molecule has 11 heteroatoms. The molecule has 2 N–H and O–H groups in total. The molecule has 5 rings (SSSR count). The number of thiazole rings is 1. The number of carbonyl (C=O) groups is 2. The first kappa shape index (κ1) is 37.1. The number of amides is 1. The number of benzene rings is 1. The summed E-state index contributed by atoms with van der Waals surface area (Å²) in [7, 11) is 3.61. The van der Waals surface area contributed by atoms with Crippen LogP contribution in [-0.2, 0) is 20.7 Å². The number of fused-ring (bicyclic) bond motifs is 2. The summed E-state index contributed by atoms with van der Waals surface area (Å²) in [5, 5.41) is 8.53. The summed E-state index contributed by atoms with van der Waals surface area (Å²) in [6, 6.07) is 10.4. The number of thiophene rings is 1. The molecule has 46 heavy (non-hydrogen) atoms. The van der Waals surface area contributed by atoms with E-state index < -0.39 is 5.60 Å². The molecular weight excluding hydrogens is 619 g/mol. The fraction of sp³-hybridized carbons (Fsp3) is 0.486. The van der Waals surface area contributed by atoms with E-state index in [9.17, 15) is 9.59 Å². The summed E-state index contributed by atoms with van der Waals surface area (Å²) in [4.78, 5) is 35.1. The van der Waals surface area contributed by atoms with E-state index in [0.717, 1.165) is 57.1 Å². The zero-order chi connectivity index (χ0) is 33.9. The Morgan fingerprint density at radius 3 is 2.43 bits per heavy atom. The Bertz CT molecular complexity index is 1550. The molecule has 1 aromatic carbocycles. The van der Waals surface area contributed by atoms with Crippen LogP contribution in [0.5, 0.6) is 0 Å². The fourth-order valence-electron chi connectivity index (χ4n) is 5.20. The van der Waals surface area contributed by atoms with Crippen molar-refractivity contribution in [3.05, 3.63) is 53.2 Å². The number of nitrogens with zero attached hydrogens (tertiary/aromatic N) is 3. The number of pyridine rings is 1. The fourth-order valence-corrected chi connectivity index (χ4v) is 7.52. The number of methoxy groups -OCH3 is 1. The quantitative estimate of drug-likeness (QED) is 0.136. The van der Waals surface area contributed by atoms with Gasteiger partial charge in [-0.25, -0.2) is 9.78 Å². The normalized spacial score (nSPS) is 15.6. The Morgan fingerprint density at radius 1 is 1.09 bits per heavy atom. The van der Waals surface area contributed by atoms with Crippen molar-refractivity contribution in [1.82, 2.24) is 20.2 Å². The highest BCUT2D eigenvalue weighted by Crippen LogP contribution is 2.50. The minimum absolute atomic E-state index is 0.0260. The second-order valence-corrected chi connectivity index (χ2v) is 13.7. The molecule has 0 saturated heterocycles. The monoisotopic (exact) mass is 667 g/mol. The first-order valence-corrected chi connectivity index (χ1v) is 17.5. The predicted molar refractivity (Wildman–Crippen MR) is 192 cm³/mol. The maximum atomic E-state index is 13.0. The third-order valence-corrected chi connectivity index (χ3v) is 9.65. The summed E-state index contributed by atoms with van der Waals surface area (Å²) in [5.74, 6) is 0. The molecule has 4 heterocycles. The Morgan fingerprint density at radius 2 is 1.80 bits per heavy atom. The van der Waals surface area contributed by atoms with Crippen molar-refractivity contribution in [2.24, 2.45) is 0 Å². The van der Waals surface area contributed by atoms with Crippen molar-refractivity contribution < 1.29 is 19.1 Å². The molecule has 0 saturated carbocycles. The smallest absolute Gasteiger partial charge is 0.411 e. The molecule has 4 aromatic rings. The number of hydrogen-bond donors (Lipinski definition) is 2. The molecule has 9 nitrogen and oxygen atoms in total. The van der Waals surface area contributed by atoms with E-state index in [1.165, 1.54) is 16.0 Å². The van der Waals surface area contributed by atoms with Crippen LogP contribution in [0.3, 0.4) is 0 Å². The van der Waals surface area contributed by atoms with Gasteiger partial charge in [-0.2, -0.15) is 0 Å². The summed E-state index contributed by atoms with van der Waals surface area (Å²) < 4.78 is 11.7. The van der Waals surface area contributed by atoms with Crippen LogP contribution < -0.4 is 10.6 Å². The molecule has 0 radical (unpaired) electrons. The Hall–Kier alpha value is -3.38. The minimum atomic E-state index is -0.524. The molecule has 0 bridgehead atoms. The number of ether oxygens (including phenoxy) is 2. The number of carbonyl (C=O) groups excluding carboxylic acids is 2. The van der Waals surface area contributed by atoms with Crippen molar-refractivity contribution in [3.8, 4) is 21.7 Å². The van der Waals surface area contributed by atoms with E-state index in [-0.39, 0.29) is 18.2 Å². The number of hydrogen-bond acceptors (Lipinski definition) is 10. The van der Waals surface area contributed by atoms with Gasteiger partial charge in [-0.05, 0) is 82.0 Å². The Labute approximate surface area is 281 Å². The van der Waals surface area contributed by atoms with Crippen LogP contribution in [0.1, 0.15) is 71.4 Å². The van der Waals surface area contributed by atoms with Crippen molar-refractivity contribution in [3.63, 3.8) is 0 Å². The van der Waals surface area contributed by atoms with Gasteiger partial charge in [0.15, 0.2) is 0 Å². The van der Waals surface area contributed by atoms with Crippen LogP contribution in [0.15, 0.2) is 42.7 Å². The molecule has 0 fully saturated rings. The highest BCUT2D eigenvalue weighted by Gasteiger charge is 2.39. The van der Waals surface area contributed by atoms with Gasteiger partial charge in [0, 0.05) is 62.5 Å².